The van der Waals surface area contributed by atoms with Gasteiger partial charge in [-0.25, -0.2) is 4.98 Å². The van der Waals surface area contributed by atoms with Gasteiger partial charge in [-0.05, 0) is 23.1 Å². The molecule has 3 aromatic rings. The zero-order chi connectivity index (χ0) is 15.7. The second kappa shape index (κ2) is 5.34. The molecule has 3 heteroatoms. The largest absolute Gasteiger partial charge is 0.507 e. The molecule has 0 radical (unpaired) electrons. The van der Waals surface area contributed by atoms with Gasteiger partial charge in [0.05, 0.1) is 11.3 Å². The van der Waals surface area contributed by atoms with Crippen molar-refractivity contribution in [2.45, 2.75) is 26.2 Å². The number of aromatic amines is 1. The van der Waals surface area contributed by atoms with Crippen molar-refractivity contribution in [2.24, 2.45) is 0 Å². The maximum absolute atomic E-state index is 10.3. The molecule has 0 aliphatic carbocycles. The first-order valence-corrected chi connectivity index (χ1v) is 7.40. The zero-order valence-corrected chi connectivity index (χ0v) is 13.1. The third-order valence-corrected chi connectivity index (χ3v) is 3.77. The summed E-state index contributed by atoms with van der Waals surface area (Å²) in [7, 11) is 0. The predicted molar refractivity (Wildman–Crippen MR) is 89.8 cm³/mol. The van der Waals surface area contributed by atoms with Gasteiger partial charge in [-0.1, -0.05) is 57.2 Å². The topological polar surface area (TPSA) is 48.9 Å². The van der Waals surface area contributed by atoms with Gasteiger partial charge < -0.3 is 10.1 Å². The molecule has 2 N–H and O–H groups in total. The van der Waals surface area contributed by atoms with Crippen LogP contribution in [-0.4, -0.2) is 15.1 Å². The van der Waals surface area contributed by atoms with Crippen LogP contribution in [-0.2, 0) is 5.41 Å². The first-order chi connectivity index (χ1) is 10.4. The monoisotopic (exact) mass is 292 g/mol. The number of hydrogen-bond donors (Lipinski definition) is 2. The second-order valence-corrected chi connectivity index (χ2v) is 6.48. The lowest BCUT2D eigenvalue weighted by atomic mass is 9.86. The minimum absolute atomic E-state index is 0.00831. The lowest BCUT2D eigenvalue weighted by Crippen LogP contribution is -2.10. The molecule has 0 unspecified atom stereocenters. The Morgan fingerprint density at radius 1 is 1.00 bits per heavy atom. The summed E-state index contributed by atoms with van der Waals surface area (Å²) in [6.07, 6.45) is 1.86. The Labute approximate surface area is 130 Å². The van der Waals surface area contributed by atoms with E-state index >= 15 is 0 Å². The third kappa shape index (κ3) is 2.75. The van der Waals surface area contributed by atoms with Crippen molar-refractivity contribution >= 4 is 0 Å². The number of aromatic hydroxyl groups is 1. The molecule has 0 saturated carbocycles. The van der Waals surface area contributed by atoms with E-state index in [1.54, 1.807) is 0 Å². The Hall–Kier alpha value is -2.55. The third-order valence-electron chi connectivity index (χ3n) is 3.77. The summed E-state index contributed by atoms with van der Waals surface area (Å²) in [4.78, 5) is 7.74. The lowest BCUT2D eigenvalue weighted by molar-refractivity contribution is 0.472. The maximum atomic E-state index is 10.3. The normalized spacial score (nSPS) is 11.6. The lowest BCUT2D eigenvalue weighted by Gasteiger charge is -2.19. The van der Waals surface area contributed by atoms with Crippen molar-refractivity contribution in [2.75, 3.05) is 0 Å². The van der Waals surface area contributed by atoms with E-state index in [-0.39, 0.29) is 11.2 Å². The van der Waals surface area contributed by atoms with E-state index in [1.165, 1.54) is 0 Å². The van der Waals surface area contributed by atoms with E-state index in [2.05, 4.69) is 30.7 Å². The van der Waals surface area contributed by atoms with Crippen molar-refractivity contribution in [3.05, 3.63) is 60.3 Å². The van der Waals surface area contributed by atoms with Gasteiger partial charge in [0.1, 0.15) is 11.6 Å². The summed E-state index contributed by atoms with van der Waals surface area (Å²) < 4.78 is 0. The molecule has 1 heterocycles. The fourth-order valence-corrected chi connectivity index (χ4v) is 2.41. The molecule has 1 aromatic heterocycles. The number of nitrogens with zero attached hydrogens (tertiary/aromatic N) is 1. The molecule has 3 rings (SSSR count). The number of hydrogen-bond acceptors (Lipinski definition) is 2. The highest BCUT2D eigenvalue weighted by molar-refractivity contribution is 5.68. The predicted octanol–water partition coefficient (Wildman–Crippen LogP) is 4.75. The molecule has 0 atom stereocenters. The van der Waals surface area contributed by atoms with Gasteiger partial charge in [0.2, 0.25) is 0 Å². The number of phenolic OH excluding ortho intramolecular Hbond substituents is 1. The minimum Gasteiger partial charge on any atom is -0.507 e. The van der Waals surface area contributed by atoms with E-state index in [0.717, 1.165) is 22.4 Å². The molecular formula is C19H20N2O. The first-order valence-electron chi connectivity index (χ1n) is 7.40. The summed E-state index contributed by atoms with van der Waals surface area (Å²) in [6, 6.07) is 15.8. The number of imidazole rings is 1. The highest BCUT2D eigenvalue weighted by atomic mass is 16.3. The Kier molecular flexibility index (Phi) is 3.49. The van der Waals surface area contributed by atoms with Crippen LogP contribution in [0.1, 0.15) is 26.3 Å². The maximum Gasteiger partial charge on any atom is 0.141 e. The van der Waals surface area contributed by atoms with Crippen LogP contribution in [0.5, 0.6) is 5.75 Å². The quantitative estimate of drug-likeness (QED) is 0.716. The molecule has 0 fully saturated rings. The molecule has 0 aliphatic rings. The molecule has 0 amide bonds. The molecule has 2 aromatic carbocycles. The van der Waals surface area contributed by atoms with E-state index in [9.17, 15) is 5.11 Å². The van der Waals surface area contributed by atoms with Crippen molar-refractivity contribution in [1.29, 1.82) is 0 Å². The van der Waals surface area contributed by atoms with Gasteiger partial charge in [0.15, 0.2) is 0 Å². The van der Waals surface area contributed by atoms with Crippen LogP contribution in [0.25, 0.3) is 22.6 Å². The van der Waals surface area contributed by atoms with Crippen LogP contribution in [0.3, 0.4) is 0 Å². The highest BCUT2D eigenvalue weighted by Gasteiger charge is 2.17. The number of aromatic nitrogens is 2. The van der Waals surface area contributed by atoms with Gasteiger partial charge in [-0.3, -0.25) is 0 Å². The summed E-state index contributed by atoms with van der Waals surface area (Å²) >= 11 is 0. The Bertz CT molecular complexity index is 783. The highest BCUT2D eigenvalue weighted by Crippen LogP contribution is 2.33. The fourth-order valence-electron chi connectivity index (χ4n) is 2.41. The smallest absolute Gasteiger partial charge is 0.141 e. The second-order valence-electron chi connectivity index (χ2n) is 6.48. The van der Waals surface area contributed by atoms with E-state index in [0.29, 0.717) is 5.82 Å². The average molecular weight is 292 g/mol. The van der Waals surface area contributed by atoms with Crippen molar-refractivity contribution in [3.8, 4) is 28.4 Å². The van der Waals surface area contributed by atoms with Gasteiger partial charge >= 0.3 is 0 Å². The van der Waals surface area contributed by atoms with Crippen LogP contribution >= 0.6 is 0 Å². The zero-order valence-electron chi connectivity index (χ0n) is 13.1. The molecule has 0 spiro atoms. The summed E-state index contributed by atoms with van der Waals surface area (Å²) in [5.41, 5.74) is 3.75. The van der Waals surface area contributed by atoms with Gasteiger partial charge in [-0.2, -0.15) is 0 Å². The number of nitrogens with one attached hydrogen (secondary N) is 1. The number of rotatable bonds is 2. The van der Waals surface area contributed by atoms with E-state index in [4.69, 9.17) is 0 Å². The van der Waals surface area contributed by atoms with Gasteiger partial charge in [0, 0.05) is 11.8 Å². The van der Waals surface area contributed by atoms with Crippen molar-refractivity contribution in [1.82, 2.24) is 9.97 Å². The minimum atomic E-state index is 0.00831. The fraction of sp³-hybridized carbons (Fsp3) is 0.211. The molecule has 112 valence electrons. The summed E-state index contributed by atoms with van der Waals surface area (Å²) in [6.45, 7) is 6.38. The molecule has 3 nitrogen and oxygen atoms in total. The van der Waals surface area contributed by atoms with Gasteiger partial charge in [-0.15, -0.1) is 0 Å². The average Bonchev–Trinajstić information content (AvgIpc) is 2.96. The molecule has 22 heavy (non-hydrogen) atoms. The van der Waals surface area contributed by atoms with Crippen molar-refractivity contribution in [3.63, 3.8) is 0 Å². The summed E-state index contributed by atoms with van der Waals surface area (Å²) in [5, 5.41) is 10.3. The molecule has 0 saturated heterocycles. The number of benzene rings is 2. The Morgan fingerprint density at radius 2 is 1.73 bits per heavy atom. The first kappa shape index (κ1) is 14.4. The molecule has 0 aliphatic heterocycles. The Morgan fingerprint density at radius 3 is 2.36 bits per heavy atom. The van der Waals surface area contributed by atoms with E-state index < -0.39 is 0 Å². The van der Waals surface area contributed by atoms with Crippen molar-refractivity contribution < 1.29 is 5.11 Å². The van der Waals surface area contributed by atoms with E-state index in [1.807, 2.05) is 54.7 Å². The van der Waals surface area contributed by atoms with Crippen LogP contribution < -0.4 is 0 Å². The SMILES string of the molecule is CC(C)(C)c1ccc(-c2nc(-c3ccccc3)c[nH]2)c(O)c1. The van der Waals surface area contributed by atoms with Crippen LogP contribution in [0.2, 0.25) is 0 Å². The van der Waals surface area contributed by atoms with Crippen LogP contribution in [0, 0.1) is 0 Å². The molecular weight excluding hydrogens is 272 g/mol. The number of phenols is 1. The molecule has 0 bridgehead atoms. The summed E-state index contributed by atoms with van der Waals surface area (Å²) in [5.74, 6) is 0.929. The Balaban J connectivity index is 1.97. The number of H-pyrrole nitrogens is 1. The standard InChI is InChI=1S/C19H20N2O/c1-19(2,3)14-9-10-15(17(22)11-14)18-20-12-16(21-18)13-7-5-4-6-8-13/h4-12,22H,1-3H3,(H,20,21). The van der Waals surface area contributed by atoms with Gasteiger partial charge in [0.25, 0.3) is 0 Å². The van der Waals surface area contributed by atoms with Crippen LogP contribution in [0.4, 0.5) is 0 Å². The van der Waals surface area contributed by atoms with Crippen LogP contribution in [0.15, 0.2) is 54.7 Å².